The Kier molecular flexibility index (Phi) is 10.7. The van der Waals surface area contributed by atoms with Gasteiger partial charge in [-0.3, -0.25) is 9.69 Å². The molecule has 0 spiro atoms. The average Bonchev–Trinajstić information content (AvgIpc) is 3.17. The largest absolute Gasteiger partial charge is 0.459 e. The van der Waals surface area contributed by atoms with E-state index in [9.17, 15) is 10.1 Å². The number of carbonyl (C=O) groups is 1. The second kappa shape index (κ2) is 12.7. The van der Waals surface area contributed by atoms with Gasteiger partial charge in [-0.1, -0.05) is 58.3 Å². The van der Waals surface area contributed by atoms with Crippen molar-refractivity contribution in [1.82, 2.24) is 4.90 Å². The summed E-state index contributed by atoms with van der Waals surface area (Å²) >= 11 is 0. The van der Waals surface area contributed by atoms with Crippen molar-refractivity contribution in [2.45, 2.75) is 123 Å². The zero-order chi connectivity index (χ0) is 22.0. The van der Waals surface area contributed by atoms with E-state index in [1.807, 2.05) is 20.8 Å². The molecule has 0 aromatic carbocycles. The third-order valence-corrected chi connectivity index (χ3v) is 7.08. The molecule has 1 aliphatic carbocycles. The van der Waals surface area contributed by atoms with Gasteiger partial charge >= 0.3 is 5.97 Å². The van der Waals surface area contributed by atoms with E-state index in [0.29, 0.717) is 5.92 Å². The fourth-order valence-corrected chi connectivity index (χ4v) is 5.58. The molecule has 0 amide bonds. The maximum absolute atomic E-state index is 12.6. The summed E-state index contributed by atoms with van der Waals surface area (Å²) in [6, 6.07) is 2.61. The Bertz CT molecular complexity index is 542. The highest BCUT2D eigenvalue weighted by molar-refractivity contribution is 5.76. The van der Waals surface area contributed by atoms with Crippen LogP contribution in [0.4, 0.5) is 0 Å². The molecule has 4 nitrogen and oxygen atoms in total. The predicted octanol–water partition coefficient (Wildman–Crippen LogP) is 6.49. The van der Waals surface area contributed by atoms with Gasteiger partial charge in [0.15, 0.2) is 0 Å². The molecule has 172 valence electrons. The van der Waals surface area contributed by atoms with Gasteiger partial charge in [0, 0.05) is 5.92 Å². The highest BCUT2D eigenvalue weighted by atomic mass is 16.6. The number of nitrogens with zero attached hydrogens (tertiary/aromatic N) is 2. The standard InChI is InChI=1S/C26H46N2O2/c1-5-6-8-16-23(21-13-9-7-10-14-21)22(20-27)15-11-18-28-19-12-17-24(28)25(29)30-26(2,3)4/h21-24H,5-19H2,1-4H3. The van der Waals surface area contributed by atoms with E-state index < -0.39 is 5.60 Å². The van der Waals surface area contributed by atoms with Crippen molar-refractivity contribution in [3.05, 3.63) is 0 Å². The first-order valence-corrected chi connectivity index (χ1v) is 12.7. The van der Waals surface area contributed by atoms with Crippen LogP contribution < -0.4 is 0 Å². The van der Waals surface area contributed by atoms with Gasteiger partial charge in [-0.15, -0.1) is 0 Å². The van der Waals surface area contributed by atoms with Gasteiger partial charge in [0.2, 0.25) is 0 Å². The van der Waals surface area contributed by atoms with Crippen LogP contribution in [0.3, 0.4) is 0 Å². The van der Waals surface area contributed by atoms with Crippen LogP contribution in [0.1, 0.15) is 111 Å². The molecule has 1 heterocycles. The Morgan fingerprint density at radius 2 is 1.80 bits per heavy atom. The Labute approximate surface area is 185 Å². The molecular weight excluding hydrogens is 372 g/mol. The molecule has 0 bridgehead atoms. The summed E-state index contributed by atoms with van der Waals surface area (Å²) < 4.78 is 5.64. The van der Waals surface area contributed by atoms with Crippen molar-refractivity contribution in [2.75, 3.05) is 13.1 Å². The van der Waals surface area contributed by atoms with Crippen molar-refractivity contribution >= 4 is 5.97 Å². The Balaban J connectivity index is 1.88. The molecule has 2 fully saturated rings. The van der Waals surface area contributed by atoms with E-state index in [1.54, 1.807) is 0 Å². The van der Waals surface area contributed by atoms with Crippen LogP contribution in [0, 0.1) is 29.1 Å². The number of nitriles is 1. The minimum absolute atomic E-state index is 0.0727. The molecule has 3 atom stereocenters. The van der Waals surface area contributed by atoms with E-state index in [1.165, 1.54) is 57.8 Å². The van der Waals surface area contributed by atoms with E-state index >= 15 is 0 Å². The van der Waals surface area contributed by atoms with Crippen LogP contribution in [-0.2, 0) is 9.53 Å². The van der Waals surface area contributed by atoms with Crippen LogP contribution in [0.2, 0.25) is 0 Å². The second-order valence-electron chi connectivity index (χ2n) is 10.7. The molecule has 0 radical (unpaired) electrons. The first-order chi connectivity index (χ1) is 14.4. The van der Waals surface area contributed by atoms with E-state index in [0.717, 1.165) is 44.7 Å². The highest BCUT2D eigenvalue weighted by Crippen LogP contribution is 2.38. The fourth-order valence-electron chi connectivity index (χ4n) is 5.58. The minimum atomic E-state index is -0.428. The van der Waals surface area contributed by atoms with Crippen molar-refractivity contribution in [3.8, 4) is 6.07 Å². The van der Waals surface area contributed by atoms with Gasteiger partial charge in [-0.05, 0) is 77.8 Å². The lowest BCUT2D eigenvalue weighted by atomic mass is 9.71. The number of unbranched alkanes of at least 4 members (excludes halogenated alkanes) is 2. The lowest BCUT2D eigenvalue weighted by Crippen LogP contribution is -2.41. The van der Waals surface area contributed by atoms with Crippen molar-refractivity contribution < 1.29 is 9.53 Å². The summed E-state index contributed by atoms with van der Waals surface area (Å²) in [7, 11) is 0. The number of carbonyl (C=O) groups excluding carboxylic acids is 1. The molecule has 2 rings (SSSR count). The molecule has 0 aromatic rings. The van der Waals surface area contributed by atoms with Crippen LogP contribution in [0.5, 0.6) is 0 Å². The van der Waals surface area contributed by atoms with Crippen LogP contribution in [-0.4, -0.2) is 35.6 Å². The number of likely N-dealkylation sites (tertiary alicyclic amines) is 1. The molecular formula is C26H46N2O2. The molecule has 30 heavy (non-hydrogen) atoms. The smallest absolute Gasteiger partial charge is 0.323 e. The Morgan fingerprint density at radius 1 is 1.07 bits per heavy atom. The highest BCUT2D eigenvalue weighted by Gasteiger charge is 2.34. The van der Waals surface area contributed by atoms with Gasteiger partial charge in [0.25, 0.3) is 0 Å². The summed E-state index contributed by atoms with van der Waals surface area (Å²) in [4.78, 5) is 14.9. The number of hydrogen-bond donors (Lipinski definition) is 0. The first kappa shape index (κ1) is 25.2. The van der Waals surface area contributed by atoms with Gasteiger partial charge in [0.05, 0.1) is 6.07 Å². The number of esters is 1. The third-order valence-electron chi connectivity index (χ3n) is 7.08. The zero-order valence-corrected chi connectivity index (χ0v) is 20.1. The van der Waals surface area contributed by atoms with Gasteiger partial charge < -0.3 is 4.74 Å². The lowest BCUT2D eigenvalue weighted by molar-refractivity contribution is -0.160. The normalized spacial score (nSPS) is 23.1. The number of rotatable bonds is 11. The van der Waals surface area contributed by atoms with Gasteiger partial charge in [-0.2, -0.15) is 5.26 Å². The topological polar surface area (TPSA) is 53.3 Å². The summed E-state index contributed by atoms with van der Waals surface area (Å²) in [5.41, 5.74) is -0.428. The first-order valence-electron chi connectivity index (χ1n) is 12.7. The summed E-state index contributed by atoms with van der Waals surface area (Å²) in [5.74, 6) is 1.42. The number of ether oxygens (including phenoxy) is 1. The van der Waals surface area contributed by atoms with Crippen LogP contribution in [0.15, 0.2) is 0 Å². The molecule has 1 saturated carbocycles. The zero-order valence-electron chi connectivity index (χ0n) is 20.1. The van der Waals surface area contributed by atoms with E-state index in [4.69, 9.17) is 4.74 Å². The third kappa shape index (κ3) is 8.22. The van der Waals surface area contributed by atoms with Crippen LogP contribution in [0.25, 0.3) is 0 Å². The molecule has 1 saturated heterocycles. The molecule has 0 N–H and O–H groups in total. The average molecular weight is 419 g/mol. The van der Waals surface area contributed by atoms with Crippen molar-refractivity contribution in [3.63, 3.8) is 0 Å². The number of hydrogen-bond acceptors (Lipinski definition) is 4. The van der Waals surface area contributed by atoms with Crippen LogP contribution >= 0.6 is 0 Å². The van der Waals surface area contributed by atoms with Crippen molar-refractivity contribution in [2.24, 2.45) is 17.8 Å². The Hall–Kier alpha value is -1.08. The predicted molar refractivity (Wildman–Crippen MR) is 123 cm³/mol. The minimum Gasteiger partial charge on any atom is -0.459 e. The fraction of sp³-hybridized carbons (Fsp3) is 0.923. The molecule has 4 heteroatoms. The van der Waals surface area contributed by atoms with Crippen molar-refractivity contribution in [1.29, 1.82) is 5.26 Å². The molecule has 1 aliphatic heterocycles. The second-order valence-corrected chi connectivity index (χ2v) is 10.7. The van der Waals surface area contributed by atoms with Gasteiger partial charge in [0.1, 0.15) is 11.6 Å². The summed E-state index contributed by atoms with van der Waals surface area (Å²) in [6.45, 7) is 9.95. The quantitative estimate of drug-likeness (QED) is 0.284. The Morgan fingerprint density at radius 3 is 2.43 bits per heavy atom. The molecule has 2 aliphatic rings. The lowest BCUT2D eigenvalue weighted by Gasteiger charge is -2.34. The summed E-state index contributed by atoms with van der Waals surface area (Å²) in [6.07, 6.45) is 15.7. The summed E-state index contributed by atoms with van der Waals surface area (Å²) in [5, 5.41) is 10.0. The van der Waals surface area contributed by atoms with E-state index in [-0.39, 0.29) is 17.9 Å². The maximum Gasteiger partial charge on any atom is 0.323 e. The molecule has 3 unspecified atom stereocenters. The monoisotopic (exact) mass is 418 g/mol. The molecule has 0 aromatic heterocycles. The van der Waals surface area contributed by atoms with Gasteiger partial charge in [-0.25, -0.2) is 0 Å². The maximum atomic E-state index is 12.6. The van der Waals surface area contributed by atoms with E-state index in [2.05, 4.69) is 17.9 Å². The SMILES string of the molecule is CCCCCC(C(C#N)CCCN1CCCC1C(=O)OC(C)(C)C)C1CCCCC1.